The summed E-state index contributed by atoms with van der Waals surface area (Å²) in [7, 11) is 0. The topological polar surface area (TPSA) is 59.2 Å². The summed E-state index contributed by atoms with van der Waals surface area (Å²) in [5.74, 6) is 1.16. The van der Waals surface area contributed by atoms with Gasteiger partial charge >= 0.3 is 0 Å². The van der Waals surface area contributed by atoms with E-state index in [2.05, 4.69) is 26.1 Å². The lowest BCUT2D eigenvalue weighted by atomic mass is 10.1. The third kappa shape index (κ3) is 4.44. The second-order valence-corrected chi connectivity index (χ2v) is 5.47. The minimum absolute atomic E-state index is 0.399. The number of hydrogen-bond donors (Lipinski definition) is 1. The van der Waals surface area contributed by atoms with Gasteiger partial charge in [0.15, 0.2) is 5.82 Å². The van der Waals surface area contributed by atoms with Crippen LogP contribution in [0.4, 0.5) is 0 Å². The SMILES string of the molecule is CCCC(O)Cc1nc(Cc2cccc(Br)c2)no1. The molecular formula is C14H17BrN2O2. The van der Waals surface area contributed by atoms with Gasteiger partial charge in [0.1, 0.15) is 0 Å². The van der Waals surface area contributed by atoms with Gasteiger partial charge < -0.3 is 9.63 Å². The summed E-state index contributed by atoms with van der Waals surface area (Å²) in [6.45, 7) is 2.04. The van der Waals surface area contributed by atoms with Crippen LogP contribution in [0.1, 0.15) is 37.0 Å². The Morgan fingerprint density at radius 1 is 1.42 bits per heavy atom. The van der Waals surface area contributed by atoms with Crippen LogP contribution in [0.15, 0.2) is 33.3 Å². The van der Waals surface area contributed by atoms with Gasteiger partial charge in [-0.15, -0.1) is 0 Å². The van der Waals surface area contributed by atoms with Crippen molar-refractivity contribution in [1.82, 2.24) is 10.1 Å². The highest BCUT2D eigenvalue weighted by Crippen LogP contribution is 2.14. The van der Waals surface area contributed by atoms with E-state index in [-0.39, 0.29) is 0 Å². The largest absolute Gasteiger partial charge is 0.393 e. The van der Waals surface area contributed by atoms with Gasteiger partial charge in [-0.2, -0.15) is 4.98 Å². The number of nitrogens with zero attached hydrogens (tertiary/aromatic N) is 2. The molecule has 102 valence electrons. The molecule has 0 saturated carbocycles. The lowest BCUT2D eigenvalue weighted by Crippen LogP contribution is -2.09. The summed E-state index contributed by atoms with van der Waals surface area (Å²) < 4.78 is 6.19. The molecule has 1 aromatic carbocycles. The van der Waals surface area contributed by atoms with Gasteiger partial charge in [-0.25, -0.2) is 0 Å². The zero-order chi connectivity index (χ0) is 13.7. The normalized spacial score (nSPS) is 12.6. The van der Waals surface area contributed by atoms with Gasteiger partial charge in [-0.05, 0) is 24.1 Å². The smallest absolute Gasteiger partial charge is 0.229 e. The molecule has 0 fully saturated rings. The lowest BCUT2D eigenvalue weighted by Gasteiger charge is -2.03. The van der Waals surface area contributed by atoms with E-state index in [9.17, 15) is 5.11 Å². The predicted molar refractivity (Wildman–Crippen MR) is 75.9 cm³/mol. The lowest BCUT2D eigenvalue weighted by molar-refractivity contribution is 0.151. The van der Waals surface area contributed by atoms with E-state index in [0.29, 0.717) is 24.6 Å². The molecule has 2 aromatic rings. The van der Waals surface area contributed by atoms with Crippen LogP contribution in [0.2, 0.25) is 0 Å². The second kappa shape index (κ2) is 6.82. The highest BCUT2D eigenvalue weighted by Gasteiger charge is 2.12. The Kier molecular flexibility index (Phi) is 5.10. The second-order valence-electron chi connectivity index (χ2n) is 4.56. The van der Waals surface area contributed by atoms with Gasteiger partial charge in [-0.1, -0.05) is 46.6 Å². The van der Waals surface area contributed by atoms with E-state index < -0.39 is 6.10 Å². The molecule has 2 rings (SSSR count). The number of aliphatic hydroxyl groups is 1. The summed E-state index contributed by atoms with van der Waals surface area (Å²) in [5.41, 5.74) is 1.12. The van der Waals surface area contributed by atoms with Crippen molar-refractivity contribution >= 4 is 15.9 Å². The minimum atomic E-state index is -0.399. The fourth-order valence-corrected chi connectivity index (χ4v) is 2.36. The molecule has 0 bridgehead atoms. The Balaban J connectivity index is 1.97. The van der Waals surface area contributed by atoms with Crippen molar-refractivity contribution in [2.75, 3.05) is 0 Å². The summed E-state index contributed by atoms with van der Waals surface area (Å²) in [4.78, 5) is 4.30. The maximum atomic E-state index is 9.70. The molecule has 5 heteroatoms. The molecule has 0 aliphatic carbocycles. The minimum Gasteiger partial charge on any atom is -0.393 e. The van der Waals surface area contributed by atoms with E-state index >= 15 is 0 Å². The molecule has 1 atom stereocenters. The van der Waals surface area contributed by atoms with Crippen molar-refractivity contribution in [2.45, 2.75) is 38.7 Å². The zero-order valence-corrected chi connectivity index (χ0v) is 12.4. The standard InChI is InChI=1S/C14H17BrN2O2/c1-2-4-12(18)9-14-16-13(17-19-14)8-10-5-3-6-11(15)7-10/h3,5-7,12,18H,2,4,8-9H2,1H3. The maximum absolute atomic E-state index is 9.70. The number of aliphatic hydroxyl groups excluding tert-OH is 1. The van der Waals surface area contributed by atoms with Crippen LogP contribution >= 0.6 is 15.9 Å². The quantitative estimate of drug-likeness (QED) is 0.886. The van der Waals surface area contributed by atoms with E-state index in [1.807, 2.05) is 31.2 Å². The molecule has 0 aliphatic heterocycles. The van der Waals surface area contributed by atoms with Crippen LogP contribution in [-0.2, 0) is 12.8 Å². The van der Waals surface area contributed by atoms with Crippen molar-refractivity contribution < 1.29 is 9.63 Å². The molecule has 1 aromatic heterocycles. The molecule has 0 aliphatic rings. The third-order valence-corrected chi connectivity index (χ3v) is 3.29. The summed E-state index contributed by atoms with van der Waals surface area (Å²) in [6, 6.07) is 8.01. The molecule has 1 unspecified atom stereocenters. The highest BCUT2D eigenvalue weighted by molar-refractivity contribution is 9.10. The van der Waals surface area contributed by atoms with Crippen LogP contribution in [0.3, 0.4) is 0 Å². The average Bonchev–Trinajstić information content (AvgIpc) is 2.76. The van der Waals surface area contributed by atoms with Crippen LogP contribution in [-0.4, -0.2) is 21.4 Å². The molecule has 0 saturated heterocycles. The molecule has 1 heterocycles. The molecule has 0 spiro atoms. The zero-order valence-electron chi connectivity index (χ0n) is 10.8. The third-order valence-electron chi connectivity index (χ3n) is 2.79. The number of halogens is 1. The molecule has 1 N–H and O–H groups in total. The van der Waals surface area contributed by atoms with Crippen LogP contribution < -0.4 is 0 Å². The van der Waals surface area contributed by atoms with Gasteiger partial charge in [0.2, 0.25) is 5.89 Å². The van der Waals surface area contributed by atoms with E-state index in [4.69, 9.17) is 4.52 Å². The van der Waals surface area contributed by atoms with Gasteiger partial charge in [0, 0.05) is 10.9 Å². The molecular weight excluding hydrogens is 308 g/mol. The molecule has 4 nitrogen and oxygen atoms in total. The van der Waals surface area contributed by atoms with Crippen molar-refractivity contribution in [1.29, 1.82) is 0 Å². The monoisotopic (exact) mass is 324 g/mol. The van der Waals surface area contributed by atoms with E-state index in [1.54, 1.807) is 0 Å². The first-order chi connectivity index (χ1) is 9.17. The van der Waals surface area contributed by atoms with Crippen molar-refractivity contribution in [3.63, 3.8) is 0 Å². The maximum Gasteiger partial charge on any atom is 0.229 e. The number of hydrogen-bond acceptors (Lipinski definition) is 4. The van der Waals surface area contributed by atoms with E-state index in [0.717, 1.165) is 22.9 Å². The van der Waals surface area contributed by atoms with Crippen molar-refractivity contribution in [3.05, 3.63) is 46.0 Å². The number of benzene rings is 1. The Morgan fingerprint density at radius 3 is 3.00 bits per heavy atom. The van der Waals surface area contributed by atoms with Crippen LogP contribution in [0, 0.1) is 0 Å². The fourth-order valence-electron chi connectivity index (χ4n) is 1.91. The molecule has 0 amide bonds. The van der Waals surface area contributed by atoms with Gasteiger partial charge in [0.05, 0.1) is 12.5 Å². The average molecular weight is 325 g/mol. The van der Waals surface area contributed by atoms with Gasteiger partial charge in [0.25, 0.3) is 0 Å². The molecule has 0 radical (unpaired) electrons. The Hall–Kier alpha value is -1.20. The first kappa shape index (κ1) is 14.2. The summed E-state index contributed by atoms with van der Waals surface area (Å²) in [6.07, 6.45) is 2.36. The highest BCUT2D eigenvalue weighted by atomic mass is 79.9. The number of aromatic nitrogens is 2. The van der Waals surface area contributed by atoms with Crippen LogP contribution in [0.5, 0.6) is 0 Å². The molecule has 19 heavy (non-hydrogen) atoms. The predicted octanol–water partition coefficient (Wildman–Crippen LogP) is 3.13. The van der Waals surface area contributed by atoms with Gasteiger partial charge in [-0.3, -0.25) is 0 Å². The van der Waals surface area contributed by atoms with Crippen molar-refractivity contribution in [3.8, 4) is 0 Å². The Labute approximate surface area is 121 Å². The Bertz CT molecular complexity index is 528. The Morgan fingerprint density at radius 2 is 2.26 bits per heavy atom. The number of rotatable bonds is 6. The summed E-state index contributed by atoms with van der Waals surface area (Å²) >= 11 is 3.43. The van der Waals surface area contributed by atoms with E-state index in [1.165, 1.54) is 0 Å². The first-order valence-corrected chi connectivity index (χ1v) is 7.20. The first-order valence-electron chi connectivity index (χ1n) is 6.41. The van der Waals surface area contributed by atoms with Crippen molar-refractivity contribution in [2.24, 2.45) is 0 Å². The van der Waals surface area contributed by atoms with Crippen LogP contribution in [0.25, 0.3) is 0 Å². The fraction of sp³-hybridized carbons (Fsp3) is 0.429. The summed E-state index contributed by atoms with van der Waals surface area (Å²) in [5, 5.41) is 13.6.